The molecule has 1 atom stereocenters. The lowest BCUT2D eigenvalue weighted by atomic mass is 10.2. The molecule has 4 rings (SSSR count). The van der Waals surface area contributed by atoms with Crippen molar-refractivity contribution in [1.29, 1.82) is 0 Å². The zero-order valence-corrected chi connectivity index (χ0v) is 16.7. The molecule has 144 valence electrons. The average Bonchev–Trinajstić information content (AvgIpc) is 3.36. The summed E-state index contributed by atoms with van der Waals surface area (Å²) in [5, 5.41) is 7.33. The number of rotatable bonds is 5. The molecule has 4 nitrogen and oxygen atoms in total. The summed E-state index contributed by atoms with van der Waals surface area (Å²) in [5.74, 6) is -0.269. The number of halogens is 2. The predicted octanol–water partition coefficient (Wildman–Crippen LogP) is 4.97. The molecule has 0 aliphatic carbocycles. The van der Waals surface area contributed by atoms with Crippen molar-refractivity contribution >= 4 is 29.2 Å². The highest BCUT2D eigenvalue weighted by Gasteiger charge is 2.15. The van der Waals surface area contributed by atoms with Crippen molar-refractivity contribution in [2.24, 2.45) is 10.1 Å². The summed E-state index contributed by atoms with van der Waals surface area (Å²) in [5.41, 5.74) is 2.73. The van der Waals surface area contributed by atoms with Crippen molar-refractivity contribution in [3.05, 3.63) is 75.1 Å². The Morgan fingerprint density at radius 3 is 2.68 bits per heavy atom. The summed E-state index contributed by atoms with van der Waals surface area (Å²) in [6, 6.07) is 13.8. The molecule has 1 aliphatic heterocycles. The van der Waals surface area contributed by atoms with E-state index in [-0.39, 0.29) is 11.9 Å². The third-order valence-corrected chi connectivity index (χ3v) is 5.58. The molecule has 0 saturated carbocycles. The minimum Gasteiger partial charge on any atom is -0.376 e. The molecule has 0 radical (unpaired) electrons. The van der Waals surface area contributed by atoms with E-state index in [2.05, 4.69) is 5.10 Å². The van der Waals surface area contributed by atoms with Gasteiger partial charge in [0.05, 0.1) is 24.6 Å². The number of aromatic nitrogens is 1. The minimum absolute atomic E-state index is 0.176. The molecule has 3 aromatic rings. The van der Waals surface area contributed by atoms with E-state index < -0.39 is 0 Å². The second-order valence-electron chi connectivity index (χ2n) is 6.49. The number of hydrogen-bond donors (Lipinski definition) is 0. The Kier molecular flexibility index (Phi) is 6.00. The van der Waals surface area contributed by atoms with Gasteiger partial charge in [-0.25, -0.2) is 9.07 Å². The van der Waals surface area contributed by atoms with Crippen LogP contribution in [0.1, 0.15) is 18.4 Å². The van der Waals surface area contributed by atoms with Crippen molar-refractivity contribution in [3.63, 3.8) is 0 Å². The van der Waals surface area contributed by atoms with Gasteiger partial charge in [-0.05, 0) is 42.7 Å². The van der Waals surface area contributed by atoms with Gasteiger partial charge < -0.3 is 4.74 Å². The van der Waals surface area contributed by atoms with Crippen molar-refractivity contribution < 1.29 is 9.13 Å². The van der Waals surface area contributed by atoms with E-state index in [1.165, 1.54) is 23.5 Å². The molecule has 0 amide bonds. The van der Waals surface area contributed by atoms with Crippen LogP contribution in [0.4, 0.5) is 4.39 Å². The van der Waals surface area contributed by atoms with Crippen molar-refractivity contribution in [3.8, 4) is 11.3 Å². The Labute approximate surface area is 171 Å². The molecule has 1 saturated heterocycles. The molecule has 1 fully saturated rings. The van der Waals surface area contributed by atoms with Crippen molar-refractivity contribution in [2.45, 2.75) is 18.9 Å². The highest BCUT2D eigenvalue weighted by Crippen LogP contribution is 2.22. The Morgan fingerprint density at radius 1 is 1.18 bits per heavy atom. The Bertz CT molecular complexity index is 1020. The first-order valence-electron chi connectivity index (χ1n) is 9.07. The fraction of sp³-hybridized carbons (Fsp3) is 0.238. The first kappa shape index (κ1) is 19.1. The molecule has 0 spiro atoms. The highest BCUT2D eigenvalue weighted by molar-refractivity contribution is 7.07. The van der Waals surface area contributed by atoms with Gasteiger partial charge in [0.25, 0.3) is 0 Å². The number of nitrogens with zero attached hydrogens (tertiary/aromatic N) is 3. The van der Waals surface area contributed by atoms with E-state index in [1.54, 1.807) is 18.3 Å². The van der Waals surface area contributed by atoms with Crippen molar-refractivity contribution in [1.82, 2.24) is 4.68 Å². The third kappa shape index (κ3) is 4.58. The summed E-state index contributed by atoms with van der Waals surface area (Å²) >= 11 is 7.55. The van der Waals surface area contributed by atoms with Crippen LogP contribution in [0.3, 0.4) is 0 Å². The molecule has 1 aliphatic rings. The van der Waals surface area contributed by atoms with Gasteiger partial charge in [0.1, 0.15) is 5.82 Å². The third-order valence-electron chi connectivity index (χ3n) is 4.47. The first-order valence-corrected chi connectivity index (χ1v) is 10.3. The number of thiazole rings is 1. The van der Waals surface area contributed by atoms with Crippen LogP contribution in [0.15, 0.2) is 64.0 Å². The molecule has 1 unspecified atom stereocenters. The Balaban J connectivity index is 1.70. The second kappa shape index (κ2) is 8.82. The summed E-state index contributed by atoms with van der Waals surface area (Å²) in [6.45, 7) is 1.43. The molecule has 2 aromatic carbocycles. The van der Waals surface area contributed by atoms with E-state index in [0.29, 0.717) is 11.6 Å². The molecule has 7 heteroatoms. The highest BCUT2D eigenvalue weighted by atomic mass is 35.5. The lowest BCUT2D eigenvalue weighted by Crippen LogP contribution is -2.17. The minimum atomic E-state index is -0.269. The molecule has 0 N–H and O–H groups in total. The maximum absolute atomic E-state index is 13.1. The van der Waals surface area contributed by atoms with E-state index >= 15 is 0 Å². The standard InChI is InChI=1S/C21H19ClFN3OS/c22-17-7-5-16(6-8-17)20-14-28-21(24-13-19-2-1-11-27-19)26(20)25-12-15-3-9-18(23)10-4-15/h3-10,12,14,19H,1-2,11,13H2. The lowest BCUT2D eigenvalue weighted by Gasteiger charge is -2.06. The van der Waals surface area contributed by atoms with E-state index in [9.17, 15) is 4.39 Å². The normalized spacial score (nSPS) is 17.6. The van der Waals surface area contributed by atoms with Crippen LogP contribution < -0.4 is 4.80 Å². The molecule has 2 heterocycles. The maximum Gasteiger partial charge on any atom is 0.206 e. The Hall–Kier alpha value is -2.28. The van der Waals surface area contributed by atoms with Crippen LogP contribution in [-0.4, -0.2) is 30.1 Å². The zero-order chi connectivity index (χ0) is 19.3. The van der Waals surface area contributed by atoms with Gasteiger partial charge in [-0.2, -0.15) is 5.10 Å². The van der Waals surface area contributed by atoms with Gasteiger partial charge in [0.2, 0.25) is 4.80 Å². The van der Waals surface area contributed by atoms with Crippen LogP contribution in [-0.2, 0) is 4.74 Å². The number of benzene rings is 2. The van der Waals surface area contributed by atoms with Crippen molar-refractivity contribution in [2.75, 3.05) is 13.2 Å². The molecule has 1 aromatic heterocycles. The fourth-order valence-electron chi connectivity index (χ4n) is 2.98. The summed E-state index contributed by atoms with van der Waals surface area (Å²) in [4.78, 5) is 5.53. The van der Waals surface area contributed by atoms with Gasteiger partial charge in [-0.15, -0.1) is 11.3 Å². The lowest BCUT2D eigenvalue weighted by molar-refractivity contribution is 0.117. The average molecular weight is 416 g/mol. The SMILES string of the molecule is Fc1ccc(C=Nn2c(-c3ccc(Cl)cc3)csc2=NCC2CCCO2)cc1. The molecule has 28 heavy (non-hydrogen) atoms. The largest absolute Gasteiger partial charge is 0.376 e. The summed E-state index contributed by atoms with van der Waals surface area (Å²) in [7, 11) is 0. The number of hydrogen-bond acceptors (Lipinski definition) is 4. The van der Waals surface area contributed by atoms with Crippen LogP contribution in [0.5, 0.6) is 0 Å². The summed E-state index contributed by atoms with van der Waals surface area (Å²) < 4.78 is 20.6. The smallest absolute Gasteiger partial charge is 0.206 e. The van der Waals surface area contributed by atoms with Gasteiger partial charge in [0, 0.05) is 22.6 Å². The zero-order valence-electron chi connectivity index (χ0n) is 15.1. The topological polar surface area (TPSA) is 38.9 Å². The maximum atomic E-state index is 13.1. The molecular weight excluding hydrogens is 397 g/mol. The quantitative estimate of drug-likeness (QED) is 0.542. The molecular formula is C21H19ClFN3OS. The van der Waals surface area contributed by atoms with Crippen LogP contribution in [0.25, 0.3) is 11.3 Å². The van der Waals surface area contributed by atoms with E-state index in [1.807, 2.05) is 34.3 Å². The summed E-state index contributed by atoms with van der Waals surface area (Å²) in [6.07, 6.45) is 4.01. The second-order valence-corrected chi connectivity index (χ2v) is 7.77. The number of ether oxygens (including phenoxy) is 1. The van der Waals surface area contributed by atoms with Gasteiger partial charge in [-0.1, -0.05) is 35.9 Å². The van der Waals surface area contributed by atoms with E-state index in [4.69, 9.17) is 21.3 Å². The first-order chi connectivity index (χ1) is 13.7. The van der Waals surface area contributed by atoms with Crippen LogP contribution in [0.2, 0.25) is 5.02 Å². The fourth-order valence-corrected chi connectivity index (χ4v) is 3.95. The van der Waals surface area contributed by atoms with Gasteiger partial charge >= 0.3 is 0 Å². The van der Waals surface area contributed by atoms with Crippen LogP contribution in [0, 0.1) is 5.82 Å². The predicted molar refractivity (Wildman–Crippen MR) is 112 cm³/mol. The molecule has 0 bridgehead atoms. The monoisotopic (exact) mass is 415 g/mol. The van der Waals surface area contributed by atoms with Crippen LogP contribution >= 0.6 is 22.9 Å². The Morgan fingerprint density at radius 2 is 1.96 bits per heavy atom. The van der Waals surface area contributed by atoms with Gasteiger partial charge in [-0.3, -0.25) is 4.99 Å². The van der Waals surface area contributed by atoms with Gasteiger partial charge in [0.15, 0.2) is 0 Å². The van der Waals surface area contributed by atoms with E-state index in [0.717, 1.165) is 41.1 Å².